The molecular weight excluding hydrogens is 348 g/mol. The summed E-state index contributed by atoms with van der Waals surface area (Å²) in [6, 6.07) is 14.1. The molecule has 0 aliphatic rings. The van der Waals surface area contributed by atoms with Gasteiger partial charge in [0.1, 0.15) is 0 Å². The third-order valence-electron chi connectivity index (χ3n) is 4.19. The van der Waals surface area contributed by atoms with Gasteiger partial charge in [-0.1, -0.05) is 68.5 Å². The maximum atomic E-state index is 12.2. The summed E-state index contributed by atoms with van der Waals surface area (Å²) in [5.41, 5.74) is 6.83. The minimum Gasteiger partial charge on any atom is -0.267 e. The average molecular weight is 373 g/mol. The summed E-state index contributed by atoms with van der Waals surface area (Å²) in [6.45, 7) is 2.21. The van der Waals surface area contributed by atoms with Crippen LogP contribution in [-0.4, -0.2) is 11.8 Å². The second-order valence-electron chi connectivity index (χ2n) is 6.25. The fraction of sp³-hybridized carbons (Fsp3) is 0.333. The molecule has 0 bridgehead atoms. The van der Waals surface area contributed by atoms with Crippen LogP contribution in [0.3, 0.4) is 0 Å². The van der Waals surface area contributed by atoms with Gasteiger partial charge in [0, 0.05) is 5.56 Å². The van der Waals surface area contributed by atoms with E-state index >= 15 is 0 Å². The Balaban J connectivity index is 1.80. The number of benzene rings is 2. The van der Waals surface area contributed by atoms with Gasteiger partial charge in [-0.2, -0.15) is 0 Å². The van der Waals surface area contributed by atoms with Gasteiger partial charge in [0.25, 0.3) is 11.8 Å². The smallest absolute Gasteiger partial charge is 0.267 e. The molecule has 2 aromatic carbocycles. The molecular formula is C21H25ClN2O2. The third kappa shape index (κ3) is 6.19. The molecule has 0 aromatic heterocycles. The van der Waals surface area contributed by atoms with Crippen LogP contribution in [0.1, 0.15) is 65.3 Å². The third-order valence-corrected chi connectivity index (χ3v) is 4.52. The Morgan fingerprint density at radius 1 is 0.846 bits per heavy atom. The van der Waals surface area contributed by atoms with Crippen molar-refractivity contribution >= 4 is 23.4 Å². The van der Waals surface area contributed by atoms with E-state index in [1.807, 2.05) is 12.1 Å². The largest absolute Gasteiger partial charge is 0.271 e. The normalized spacial score (nSPS) is 10.4. The zero-order valence-electron chi connectivity index (χ0n) is 15.1. The van der Waals surface area contributed by atoms with Gasteiger partial charge in [0.2, 0.25) is 0 Å². The molecule has 0 aliphatic carbocycles. The standard InChI is InChI=1S/C21H25ClN2O2/c1-2-3-4-5-6-9-16-12-14-17(15-13-16)20(25)23-24-21(26)18-10-7-8-11-19(18)22/h7-8,10-15H,2-6,9H2,1H3,(H,23,25)(H,24,26). The molecule has 0 aliphatic heterocycles. The molecule has 5 heteroatoms. The predicted octanol–water partition coefficient (Wildman–Crippen LogP) is 4.93. The Bertz CT molecular complexity index is 729. The maximum Gasteiger partial charge on any atom is 0.271 e. The molecule has 0 atom stereocenters. The molecule has 2 rings (SSSR count). The van der Waals surface area contributed by atoms with Crippen LogP contribution in [-0.2, 0) is 6.42 Å². The molecule has 0 spiro atoms. The lowest BCUT2D eigenvalue weighted by atomic mass is 10.0. The SMILES string of the molecule is CCCCCCCc1ccc(C(=O)NNC(=O)c2ccccc2Cl)cc1. The molecule has 2 N–H and O–H groups in total. The second-order valence-corrected chi connectivity index (χ2v) is 6.66. The number of unbranched alkanes of at least 4 members (excludes halogenated alkanes) is 4. The first-order chi connectivity index (χ1) is 12.6. The van der Waals surface area contributed by atoms with E-state index in [-0.39, 0.29) is 5.91 Å². The molecule has 0 fully saturated rings. The van der Waals surface area contributed by atoms with Crippen molar-refractivity contribution < 1.29 is 9.59 Å². The molecule has 0 unspecified atom stereocenters. The van der Waals surface area contributed by atoms with Crippen molar-refractivity contribution in [2.75, 3.05) is 0 Å². The van der Waals surface area contributed by atoms with Crippen LogP contribution in [0.15, 0.2) is 48.5 Å². The Morgan fingerprint density at radius 3 is 2.19 bits per heavy atom. The van der Waals surface area contributed by atoms with Crippen LogP contribution in [0.4, 0.5) is 0 Å². The van der Waals surface area contributed by atoms with Crippen LogP contribution in [0.5, 0.6) is 0 Å². The summed E-state index contributed by atoms with van der Waals surface area (Å²) in [6.07, 6.45) is 7.25. The highest BCUT2D eigenvalue weighted by molar-refractivity contribution is 6.33. The Morgan fingerprint density at radius 2 is 1.50 bits per heavy atom. The highest BCUT2D eigenvalue weighted by atomic mass is 35.5. The van der Waals surface area contributed by atoms with Crippen LogP contribution >= 0.6 is 11.6 Å². The maximum absolute atomic E-state index is 12.2. The van der Waals surface area contributed by atoms with Crippen molar-refractivity contribution in [3.05, 3.63) is 70.2 Å². The highest BCUT2D eigenvalue weighted by Gasteiger charge is 2.11. The van der Waals surface area contributed by atoms with Gasteiger partial charge in [0.05, 0.1) is 10.6 Å². The van der Waals surface area contributed by atoms with Gasteiger partial charge >= 0.3 is 0 Å². The topological polar surface area (TPSA) is 58.2 Å². The number of carbonyl (C=O) groups excluding carboxylic acids is 2. The molecule has 2 aromatic rings. The first-order valence-corrected chi connectivity index (χ1v) is 9.43. The molecule has 138 valence electrons. The van der Waals surface area contributed by atoms with E-state index in [1.54, 1.807) is 36.4 Å². The number of hydrogen-bond acceptors (Lipinski definition) is 2. The molecule has 26 heavy (non-hydrogen) atoms. The van der Waals surface area contributed by atoms with Crippen LogP contribution in [0.25, 0.3) is 0 Å². The molecule has 0 radical (unpaired) electrons. The number of amides is 2. The second kappa shape index (κ2) is 10.6. The minimum atomic E-state index is -0.451. The van der Waals surface area contributed by atoms with Gasteiger partial charge in [-0.3, -0.25) is 20.4 Å². The van der Waals surface area contributed by atoms with Crippen LogP contribution in [0.2, 0.25) is 5.02 Å². The number of hydrazine groups is 1. The predicted molar refractivity (Wildman–Crippen MR) is 105 cm³/mol. The number of rotatable bonds is 8. The summed E-state index contributed by atoms with van der Waals surface area (Å²) in [4.78, 5) is 24.2. The van der Waals surface area contributed by atoms with Crippen molar-refractivity contribution in [2.45, 2.75) is 45.4 Å². The number of hydrogen-bond donors (Lipinski definition) is 2. The zero-order chi connectivity index (χ0) is 18.8. The van der Waals surface area contributed by atoms with Crippen molar-refractivity contribution in [3.8, 4) is 0 Å². The summed E-state index contributed by atoms with van der Waals surface area (Å²) in [5, 5.41) is 0.336. The van der Waals surface area contributed by atoms with Gasteiger partial charge in [-0.25, -0.2) is 0 Å². The Kier molecular flexibility index (Phi) is 8.16. The number of carbonyl (C=O) groups is 2. The first-order valence-electron chi connectivity index (χ1n) is 9.06. The van der Waals surface area contributed by atoms with Crippen molar-refractivity contribution in [1.82, 2.24) is 10.9 Å². The van der Waals surface area contributed by atoms with Crippen LogP contribution < -0.4 is 10.9 Å². The average Bonchev–Trinajstić information content (AvgIpc) is 2.66. The monoisotopic (exact) mass is 372 g/mol. The number of nitrogens with one attached hydrogen (secondary N) is 2. The van der Waals surface area contributed by atoms with E-state index in [0.717, 1.165) is 6.42 Å². The lowest BCUT2D eigenvalue weighted by Crippen LogP contribution is -2.41. The van der Waals surface area contributed by atoms with Crippen molar-refractivity contribution in [1.29, 1.82) is 0 Å². The van der Waals surface area contributed by atoms with E-state index in [9.17, 15) is 9.59 Å². The van der Waals surface area contributed by atoms with E-state index < -0.39 is 5.91 Å². The summed E-state index contributed by atoms with van der Waals surface area (Å²) < 4.78 is 0. The van der Waals surface area contributed by atoms with Gasteiger partial charge in [-0.05, 0) is 42.7 Å². The number of aryl methyl sites for hydroxylation is 1. The summed E-state index contributed by atoms with van der Waals surface area (Å²) in [7, 11) is 0. The molecule has 0 heterocycles. The van der Waals surface area contributed by atoms with Gasteiger partial charge in [0.15, 0.2) is 0 Å². The lowest BCUT2D eigenvalue weighted by Gasteiger charge is -2.09. The quantitative estimate of drug-likeness (QED) is 0.510. The van der Waals surface area contributed by atoms with E-state index in [1.165, 1.54) is 37.7 Å². The zero-order valence-corrected chi connectivity index (χ0v) is 15.8. The fourth-order valence-electron chi connectivity index (χ4n) is 2.65. The van der Waals surface area contributed by atoms with Gasteiger partial charge in [-0.15, -0.1) is 0 Å². The fourth-order valence-corrected chi connectivity index (χ4v) is 2.88. The lowest BCUT2D eigenvalue weighted by molar-refractivity contribution is 0.0846. The van der Waals surface area contributed by atoms with Crippen molar-refractivity contribution in [3.63, 3.8) is 0 Å². The molecule has 2 amide bonds. The van der Waals surface area contributed by atoms with Gasteiger partial charge < -0.3 is 0 Å². The van der Waals surface area contributed by atoms with E-state index in [4.69, 9.17) is 11.6 Å². The first kappa shape index (κ1) is 20.0. The van der Waals surface area contributed by atoms with E-state index in [0.29, 0.717) is 16.1 Å². The molecule has 4 nitrogen and oxygen atoms in total. The van der Waals surface area contributed by atoms with Crippen LogP contribution in [0, 0.1) is 0 Å². The molecule has 0 saturated heterocycles. The number of halogens is 1. The highest BCUT2D eigenvalue weighted by Crippen LogP contribution is 2.14. The Hall–Kier alpha value is -2.33. The minimum absolute atomic E-state index is 0.313. The Labute approximate surface area is 159 Å². The van der Waals surface area contributed by atoms with Crippen molar-refractivity contribution in [2.24, 2.45) is 0 Å². The summed E-state index contributed by atoms with van der Waals surface area (Å²) in [5.74, 6) is -0.812. The molecule has 0 saturated carbocycles. The van der Waals surface area contributed by atoms with E-state index in [2.05, 4.69) is 17.8 Å². The summed E-state index contributed by atoms with van der Waals surface area (Å²) >= 11 is 5.96.